The van der Waals surface area contributed by atoms with Crippen LogP contribution < -0.4 is 0 Å². The number of alkyl halides is 3. The topological polar surface area (TPSA) is 31.5 Å². The van der Waals surface area contributed by atoms with Crippen molar-refractivity contribution in [3.8, 4) is 11.3 Å². The van der Waals surface area contributed by atoms with Gasteiger partial charge in [0.15, 0.2) is 0 Å². The van der Waals surface area contributed by atoms with Crippen LogP contribution in [0.2, 0.25) is 0 Å². The summed E-state index contributed by atoms with van der Waals surface area (Å²) in [6.07, 6.45) is -2.87. The van der Waals surface area contributed by atoms with E-state index >= 15 is 0 Å². The largest absolute Gasteiger partial charge is 0.492 e. The van der Waals surface area contributed by atoms with Gasteiger partial charge in [-0.2, -0.15) is 13.2 Å². The predicted molar refractivity (Wildman–Crippen MR) is 106 cm³/mol. The molecular formula is C22H22F5N3O. The average molecular weight is 439 g/mol. The quantitative estimate of drug-likeness (QED) is 0.684. The van der Waals surface area contributed by atoms with Crippen molar-refractivity contribution in [1.29, 1.82) is 0 Å². The standard InChI is InChI=1S/C22H22F5N3O/c1-3-31-19-10-20(22(25,26)27)29(2)12-18(19)30-8-7-16-13(11-30)9-17(28-16)21-14(23)5-4-6-15(21)24/h4-6,9-10,28H,3,7-8,11-12H2,1-2H3. The lowest BCUT2D eigenvalue weighted by Crippen LogP contribution is -2.40. The van der Waals surface area contributed by atoms with Crippen LogP contribution in [0.15, 0.2) is 47.5 Å². The summed E-state index contributed by atoms with van der Waals surface area (Å²) in [7, 11) is 1.40. The fraction of sp³-hybridized carbons (Fsp3) is 0.364. The number of fused-ring (bicyclic) bond motifs is 1. The Labute approximate surface area is 176 Å². The molecule has 0 amide bonds. The molecule has 0 aliphatic carbocycles. The van der Waals surface area contributed by atoms with Crippen molar-refractivity contribution in [2.75, 3.05) is 26.7 Å². The number of allylic oxidation sites excluding steroid dienone is 2. The first-order chi connectivity index (χ1) is 14.7. The minimum Gasteiger partial charge on any atom is -0.492 e. The maximum absolute atomic E-state index is 14.2. The van der Waals surface area contributed by atoms with E-state index in [9.17, 15) is 22.0 Å². The van der Waals surface area contributed by atoms with Crippen molar-refractivity contribution in [3.63, 3.8) is 0 Å². The van der Waals surface area contributed by atoms with Gasteiger partial charge in [0.25, 0.3) is 0 Å². The van der Waals surface area contributed by atoms with Crippen LogP contribution >= 0.6 is 0 Å². The molecule has 9 heteroatoms. The molecule has 0 unspecified atom stereocenters. The summed E-state index contributed by atoms with van der Waals surface area (Å²) in [4.78, 5) is 6.22. The molecule has 4 nitrogen and oxygen atoms in total. The van der Waals surface area contributed by atoms with E-state index in [4.69, 9.17) is 4.74 Å². The molecule has 2 aliphatic heterocycles. The van der Waals surface area contributed by atoms with E-state index in [0.717, 1.165) is 22.2 Å². The van der Waals surface area contributed by atoms with Crippen LogP contribution in [0.25, 0.3) is 11.3 Å². The number of aromatic nitrogens is 1. The fourth-order valence-electron chi connectivity index (χ4n) is 4.10. The van der Waals surface area contributed by atoms with E-state index < -0.39 is 23.5 Å². The Kier molecular flexibility index (Phi) is 5.45. The summed E-state index contributed by atoms with van der Waals surface area (Å²) < 4.78 is 73.9. The van der Waals surface area contributed by atoms with Crippen LogP contribution in [-0.2, 0) is 17.7 Å². The molecule has 0 saturated heterocycles. The Morgan fingerprint density at radius 1 is 1.13 bits per heavy atom. The Morgan fingerprint density at radius 3 is 2.48 bits per heavy atom. The molecule has 0 spiro atoms. The molecule has 0 fully saturated rings. The summed E-state index contributed by atoms with van der Waals surface area (Å²) in [5.41, 5.74) is 1.84. The van der Waals surface area contributed by atoms with E-state index in [1.165, 1.54) is 25.2 Å². The number of H-pyrrole nitrogens is 1. The monoisotopic (exact) mass is 439 g/mol. The zero-order valence-electron chi connectivity index (χ0n) is 17.1. The Bertz CT molecular complexity index is 1030. The van der Waals surface area contributed by atoms with Gasteiger partial charge in [-0.3, -0.25) is 0 Å². The second-order valence-corrected chi connectivity index (χ2v) is 7.58. The molecule has 166 valence electrons. The number of benzene rings is 1. The number of hydrogen-bond donors (Lipinski definition) is 1. The molecule has 2 aliphatic rings. The second-order valence-electron chi connectivity index (χ2n) is 7.58. The minimum absolute atomic E-state index is 0.0508. The van der Waals surface area contributed by atoms with Crippen molar-refractivity contribution < 1.29 is 26.7 Å². The summed E-state index contributed by atoms with van der Waals surface area (Å²) in [6, 6.07) is 5.41. The number of nitrogens with zero attached hydrogens (tertiary/aromatic N) is 2. The zero-order valence-corrected chi connectivity index (χ0v) is 17.1. The highest BCUT2D eigenvalue weighted by atomic mass is 19.4. The molecular weight excluding hydrogens is 417 g/mol. The maximum atomic E-state index is 14.2. The Morgan fingerprint density at radius 2 is 1.84 bits per heavy atom. The van der Waals surface area contributed by atoms with E-state index in [0.29, 0.717) is 30.9 Å². The smallest absolute Gasteiger partial charge is 0.431 e. The molecule has 0 saturated carbocycles. The van der Waals surface area contributed by atoms with Gasteiger partial charge < -0.3 is 19.5 Å². The van der Waals surface area contributed by atoms with Gasteiger partial charge in [0.05, 0.1) is 30.1 Å². The SMILES string of the molecule is CCOC1=C(N2CCc3[nH]c(-c4c(F)cccc4F)cc3C2)CN(C)C(C(F)(F)F)=C1. The van der Waals surface area contributed by atoms with Crippen LogP contribution in [0.5, 0.6) is 0 Å². The predicted octanol–water partition coefficient (Wildman–Crippen LogP) is 4.96. The van der Waals surface area contributed by atoms with Gasteiger partial charge in [-0.15, -0.1) is 0 Å². The molecule has 1 aromatic carbocycles. The highest BCUT2D eigenvalue weighted by molar-refractivity contribution is 5.63. The number of ether oxygens (including phenoxy) is 1. The van der Waals surface area contributed by atoms with Gasteiger partial charge in [0.2, 0.25) is 0 Å². The molecule has 4 rings (SSSR count). The number of rotatable bonds is 4. The van der Waals surface area contributed by atoms with Crippen LogP contribution in [-0.4, -0.2) is 47.7 Å². The molecule has 0 bridgehead atoms. The van der Waals surface area contributed by atoms with E-state index in [1.54, 1.807) is 13.0 Å². The third kappa shape index (κ3) is 4.00. The Balaban J connectivity index is 1.67. The van der Waals surface area contributed by atoms with Gasteiger partial charge in [0, 0.05) is 38.3 Å². The number of aromatic amines is 1. The first kappa shape index (κ1) is 21.3. The molecule has 0 atom stereocenters. The lowest BCUT2D eigenvalue weighted by molar-refractivity contribution is -0.110. The summed E-state index contributed by atoms with van der Waals surface area (Å²) in [5.74, 6) is -1.11. The van der Waals surface area contributed by atoms with Crippen LogP contribution in [0, 0.1) is 11.6 Å². The maximum Gasteiger partial charge on any atom is 0.431 e. The van der Waals surface area contributed by atoms with Gasteiger partial charge in [-0.1, -0.05) is 6.07 Å². The van der Waals surface area contributed by atoms with Crippen molar-refractivity contribution in [2.24, 2.45) is 0 Å². The third-order valence-electron chi connectivity index (χ3n) is 5.54. The number of halogens is 5. The van der Waals surface area contributed by atoms with Crippen LogP contribution in [0.4, 0.5) is 22.0 Å². The van der Waals surface area contributed by atoms with Crippen LogP contribution in [0.3, 0.4) is 0 Å². The molecule has 0 radical (unpaired) electrons. The van der Waals surface area contributed by atoms with Crippen molar-refractivity contribution in [1.82, 2.24) is 14.8 Å². The highest BCUT2D eigenvalue weighted by Crippen LogP contribution is 2.36. The number of nitrogens with one attached hydrogen (secondary N) is 1. The lowest BCUT2D eigenvalue weighted by atomic mass is 10.0. The van der Waals surface area contributed by atoms with Gasteiger partial charge in [-0.25, -0.2) is 8.78 Å². The van der Waals surface area contributed by atoms with Crippen molar-refractivity contribution in [2.45, 2.75) is 26.1 Å². The molecule has 2 aromatic rings. The second kappa shape index (κ2) is 7.94. The first-order valence-corrected chi connectivity index (χ1v) is 9.95. The Hall–Kier alpha value is -2.97. The third-order valence-corrected chi connectivity index (χ3v) is 5.54. The fourth-order valence-corrected chi connectivity index (χ4v) is 4.10. The van der Waals surface area contributed by atoms with Gasteiger partial charge >= 0.3 is 6.18 Å². The minimum atomic E-state index is -4.48. The summed E-state index contributed by atoms with van der Waals surface area (Å²) in [5, 5.41) is 0. The normalized spacial score (nSPS) is 17.1. The van der Waals surface area contributed by atoms with Crippen molar-refractivity contribution >= 4 is 0 Å². The van der Waals surface area contributed by atoms with E-state index in [-0.39, 0.29) is 24.5 Å². The zero-order chi connectivity index (χ0) is 22.3. The van der Waals surface area contributed by atoms with E-state index in [2.05, 4.69) is 4.98 Å². The summed E-state index contributed by atoms with van der Waals surface area (Å²) >= 11 is 0. The molecule has 1 aromatic heterocycles. The van der Waals surface area contributed by atoms with Gasteiger partial charge in [0.1, 0.15) is 23.1 Å². The van der Waals surface area contributed by atoms with Gasteiger partial charge in [-0.05, 0) is 30.7 Å². The molecule has 3 heterocycles. The molecule has 31 heavy (non-hydrogen) atoms. The number of likely N-dealkylation sites (N-methyl/N-ethyl adjacent to an activating group) is 1. The number of hydrogen-bond acceptors (Lipinski definition) is 3. The highest BCUT2D eigenvalue weighted by Gasteiger charge is 2.40. The average Bonchev–Trinajstić information content (AvgIpc) is 3.10. The van der Waals surface area contributed by atoms with E-state index in [1.807, 2.05) is 4.90 Å². The first-order valence-electron chi connectivity index (χ1n) is 9.95. The summed E-state index contributed by atoms with van der Waals surface area (Å²) in [6.45, 7) is 2.96. The lowest BCUT2D eigenvalue weighted by Gasteiger charge is -2.38. The molecule has 1 N–H and O–H groups in total. The van der Waals surface area contributed by atoms with Crippen LogP contribution in [0.1, 0.15) is 18.2 Å². The van der Waals surface area contributed by atoms with Crippen molar-refractivity contribution in [3.05, 3.63) is 70.4 Å².